The third kappa shape index (κ3) is 3.03. The molecule has 3 rings (SSSR count). The summed E-state index contributed by atoms with van der Waals surface area (Å²) in [6.07, 6.45) is 2.82. The largest absolute Gasteiger partial charge is 0.398 e. The number of aryl methyl sites for hydroxylation is 1. The molecule has 0 aliphatic heterocycles. The Kier molecular flexibility index (Phi) is 3.84. The zero-order chi connectivity index (χ0) is 14.8. The van der Waals surface area contributed by atoms with Crippen molar-refractivity contribution in [2.45, 2.75) is 25.3 Å². The van der Waals surface area contributed by atoms with Crippen LogP contribution in [0.2, 0.25) is 5.02 Å². The summed E-state index contributed by atoms with van der Waals surface area (Å²) in [6.45, 7) is 0. The third-order valence-corrected chi connectivity index (χ3v) is 4.18. The molecular formula is C17H17ClN2O. The van der Waals surface area contributed by atoms with Gasteiger partial charge in [0, 0.05) is 16.8 Å². The molecule has 2 aromatic carbocycles. The van der Waals surface area contributed by atoms with Crippen molar-refractivity contribution in [2.75, 3.05) is 5.73 Å². The highest BCUT2D eigenvalue weighted by atomic mass is 35.5. The van der Waals surface area contributed by atoms with Gasteiger partial charge < -0.3 is 11.1 Å². The standard InChI is InChI=1S/C17H17ClN2O/c18-13-6-8-15(16(19)10-13)17(21)20-14-7-5-11-3-1-2-4-12(11)9-14/h1-4,6,8,10,14H,5,7,9,19H2,(H,20,21). The number of fused-ring (bicyclic) bond motifs is 1. The number of nitrogen functional groups attached to an aromatic ring is 1. The first-order chi connectivity index (χ1) is 10.1. The van der Waals surface area contributed by atoms with E-state index in [0.29, 0.717) is 16.3 Å². The molecule has 0 fully saturated rings. The van der Waals surface area contributed by atoms with Crippen LogP contribution >= 0.6 is 11.6 Å². The molecule has 21 heavy (non-hydrogen) atoms. The van der Waals surface area contributed by atoms with Crippen molar-refractivity contribution < 1.29 is 4.79 Å². The van der Waals surface area contributed by atoms with Gasteiger partial charge in [-0.15, -0.1) is 0 Å². The van der Waals surface area contributed by atoms with E-state index in [2.05, 4.69) is 23.5 Å². The summed E-state index contributed by atoms with van der Waals surface area (Å²) < 4.78 is 0. The van der Waals surface area contributed by atoms with Gasteiger partial charge >= 0.3 is 0 Å². The molecule has 108 valence electrons. The minimum absolute atomic E-state index is 0.131. The molecule has 0 saturated heterocycles. The third-order valence-electron chi connectivity index (χ3n) is 3.94. The number of nitrogens with two attached hydrogens (primary N) is 1. The van der Waals surface area contributed by atoms with Gasteiger partial charge in [0.25, 0.3) is 5.91 Å². The molecule has 2 aromatic rings. The van der Waals surface area contributed by atoms with Crippen LogP contribution in [-0.2, 0) is 12.8 Å². The average Bonchev–Trinajstić information content (AvgIpc) is 2.47. The van der Waals surface area contributed by atoms with Crippen LogP contribution in [0.4, 0.5) is 5.69 Å². The molecule has 0 aromatic heterocycles. The topological polar surface area (TPSA) is 55.1 Å². The zero-order valence-electron chi connectivity index (χ0n) is 11.6. The second-order valence-corrected chi connectivity index (χ2v) is 5.85. The molecule has 0 bridgehead atoms. The first-order valence-electron chi connectivity index (χ1n) is 7.06. The Bertz CT molecular complexity index is 684. The average molecular weight is 301 g/mol. The maximum Gasteiger partial charge on any atom is 0.253 e. The van der Waals surface area contributed by atoms with E-state index in [1.54, 1.807) is 18.2 Å². The number of amides is 1. The van der Waals surface area contributed by atoms with Crippen LogP contribution in [0.3, 0.4) is 0 Å². The van der Waals surface area contributed by atoms with Crippen molar-refractivity contribution in [3.8, 4) is 0 Å². The number of anilines is 1. The Labute approximate surface area is 129 Å². The summed E-state index contributed by atoms with van der Waals surface area (Å²) in [5.41, 5.74) is 9.46. The highest BCUT2D eigenvalue weighted by Crippen LogP contribution is 2.22. The first-order valence-corrected chi connectivity index (χ1v) is 7.44. The number of carbonyl (C=O) groups excluding carboxylic acids is 1. The maximum atomic E-state index is 12.3. The number of benzene rings is 2. The Morgan fingerprint density at radius 1 is 1.19 bits per heavy atom. The Morgan fingerprint density at radius 2 is 1.95 bits per heavy atom. The molecule has 3 N–H and O–H groups in total. The van der Waals surface area contributed by atoms with Gasteiger partial charge in [0.05, 0.1) is 5.56 Å². The lowest BCUT2D eigenvalue weighted by Crippen LogP contribution is -2.39. The second-order valence-electron chi connectivity index (χ2n) is 5.41. The van der Waals surface area contributed by atoms with Gasteiger partial charge in [0.15, 0.2) is 0 Å². The van der Waals surface area contributed by atoms with Gasteiger partial charge in [-0.3, -0.25) is 4.79 Å². The summed E-state index contributed by atoms with van der Waals surface area (Å²) in [6, 6.07) is 13.5. The van der Waals surface area contributed by atoms with Crippen molar-refractivity contribution >= 4 is 23.2 Å². The smallest absolute Gasteiger partial charge is 0.253 e. The fraction of sp³-hybridized carbons (Fsp3) is 0.235. The lowest BCUT2D eigenvalue weighted by atomic mass is 9.88. The van der Waals surface area contributed by atoms with E-state index in [1.807, 2.05) is 6.07 Å². The quantitative estimate of drug-likeness (QED) is 0.837. The van der Waals surface area contributed by atoms with Crippen LogP contribution in [0, 0.1) is 0 Å². The molecule has 1 aliphatic rings. The lowest BCUT2D eigenvalue weighted by Gasteiger charge is -2.25. The summed E-state index contributed by atoms with van der Waals surface area (Å²) in [5.74, 6) is -0.131. The van der Waals surface area contributed by atoms with Crippen LogP contribution in [0.15, 0.2) is 42.5 Å². The highest BCUT2D eigenvalue weighted by molar-refractivity contribution is 6.31. The molecule has 0 saturated carbocycles. The summed E-state index contributed by atoms with van der Waals surface area (Å²) in [7, 11) is 0. The number of hydrogen-bond donors (Lipinski definition) is 2. The number of hydrogen-bond acceptors (Lipinski definition) is 2. The second kappa shape index (κ2) is 5.78. The van der Waals surface area contributed by atoms with E-state index in [-0.39, 0.29) is 11.9 Å². The van der Waals surface area contributed by atoms with Crippen LogP contribution in [0.5, 0.6) is 0 Å². The van der Waals surface area contributed by atoms with Gasteiger partial charge in [-0.1, -0.05) is 35.9 Å². The van der Waals surface area contributed by atoms with E-state index in [0.717, 1.165) is 19.3 Å². The molecule has 0 spiro atoms. The first kappa shape index (κ1) is 14.0. The monoisotopic (exact) mass is 300 g/mol. The lowest BCUT2D eigenvalue weighted by molar-refractivity contribution is 0.0934. The van der Waals surface area contributed by atoms with Crippen LogP contribution < -0.4 is 11.1 Å². The van der Waals surface area contributed by atoms with E-state index in [4.69, 9.17) is 17.3 Å². The molecule has 1 unspecified atom stereocenters. The van der Waals surface area contributed by atoms with Crippen molar-refractivity contribution in [3.05, 3.63) is 64.2 Å². The minimum atomic E-state index is -0.131. The Balaban J connectivity index is 1.71. The SMILES string of the molecule is Nc1cc(Cl)ccc1C(=O)NC1CCc2ccccc2C1. The molecule has 4 heteroatoms. The number of halogens is 1. The van der Waals surface area contributed by atoms with Gasteiger partial charge in [0.2, 0.25) is 0 Å². The predicted molar refractivity (Wildman–Crippen MR) is 85.6 cm³/mol. The molecule has 1 amide bonds. The summed E-state index contributed by atoms with van der Waals surface area (Å²) >= 11 is 5.86. The zero-order valence-corrected chi connectivity index (χ0v) is 12.4. The van der Waals surface area contributed by atoms with Crippen LogP contribution in [-0.4, -0.2) is 11.9 Å². The maximum absolute atomic E-state index is 12.3. The number of rotatable bonds is 2. The van der Waals surface area contributed by atoms with Crippen molar-refractivity contribution in [3.63, 3.8) is 0 Å². The Hall–Kier alpha value is -2.00. The normalized spacial score (nSPS) is 17.1. The van der Waals surface area contributed by atoms with Crippen molar-refractivity contribution in [1.29, 1.82) is 0 Å². The van der Waals surface area contributed by atoms with Gasteiger partial charge in [0.1, 0.15) is 0 Å². The molecule has 1 atom stereocenters. The molecular weight excluding hydrogens is 284 g/mol. The van der Waals surface area contributed by atoms with E-state index in [1.165, 1.54) is 11.1 Å². The fourth-order valence-electron chi connectivity index (χ4n) is 2.82. The van der Waals surface area contributed by atoms with Crippen molar-refractivity contribution in [2.24, 2.45) is 0 Å². The minimum Gasteiger partial charge on any atom is -0.398 e. The van der Waals surface area contributed by atoms with E-state index >= 15 is 0 Å². The summed E-state index contributed by atoms with van der Waals surface area (Å²) in [4.78, 5) is 12.3. The molecule has 0 radical (unpaired) electrons. The highest BCUT2D eigenvalue weighted by Gasteiger charge is 2.21. The number of nitrogens with one attached hydrogen (secondary N) is 1. The van der Waals surface area contributed by atoms with Gasteiger partial charge in [-0.2, -0.15) is 0 Å². The Morgan fingerprint density at radius 3 is 2.71 bits per heavy atom. The summed E-state index contributed by atoms with van der Waals surface area (Å²) in [5, 5.41) is 3.61. The van der Waals surface area contributed by atoms with Crippen molar-refractivity contribution in [1.82, 2.24) is 5.32 Å². The number of carbonyl (C=O) groups is 1. The van der Waals surface area contributed by atoms with Gasteiger partial charge in [-0.25, -0.2) is 0 Å². The fourth-order valence-corrected chi connectivity index (χ4v) is 3.01. The van der Waals surface area contributed by atoms with E-state index < -0.39 is 0 Å². The predicted octanol–water partition coefficient (Wildman–Crippen LogP) is 3.21. The van der Waals surface area contributed by atoms with E-state index in [9.17, 15) is 4.79 Å². The van der Waals surface area contributed by atoms with Crippen LogP contribution in [0.25, 0.3) is 0 Å². The van der Waals surface area contributed by atoms with Crippen LogP contribution in [0.1, 0.15) is 27.9 Å². The molecule has 0 heterocycles. The molecule has 3 nitrogen and oxygen atoms in total. The molecule has 1 aliphatic carbocycles. The van der Waals surface area contributed by atoms with Gasteiger partial charge in [-0.05, 0) is 48.6 Å².